The van der Waals surface area contributed by atoms with Crippen LogP contribution in [0.15, 0.2) is 24.3 Å². The molecule has 0 radical (unpaired) electrons. The predicted octanol–water partition coefficient (Wildman–Crippen LogP) is 3.23. The average Bonchev–Trinajstić information content (AvgIpc) is 2.62. The van der Waals surface area contributed by atoms with Gasteiger partial charge in [0.2, 0.25) is 0 Å². The summed E-state index contributed by atoms with van der Waals surface area (Å²) in [6.07, 6.45) is 3.58. The van der Waals surface area contributed by atoms with Crippen molar-refractivity contribution >= 4 is 0 Å². The molecule has 0 aliphatic carbocycles. The quantitative estimate of drug-likeness (QED) is 0.814. The molecule has 0 saturated carbocycles. The van der Waals surface area contributed by atoms with Crippen molar-refractivity contribution in [1.82, 2.24) is 10.2 Å². The van der Waals surface area contributed by atoms with Gasteiger partial charge >= 0.3 is 0 Å². The van der Waals surface area contributed by atoms with Gasteiger partial charge in [-0.25, -0.2) is 0 Å². The molecule has 1 aliphatic rings. The number of nitrogens with zero attached hydrogens (tertiary/aromatic N) is 1. The molecule has 1 N–H and O–H groups in total. The molecule has 0 atom stereocenters. The molecule has 0 spiro atoms. The Labute approximate surface area is 129 Å². The van der Waals surface area contributed by atoms with Crippen molar-refractivity contribution in [1.29, 1.82) is 0 Å². The molecule has 1 aromatic carbocycles. The molecule has 0 bridgehead atoms. The lowest BCUT2D eigenvalue weighted by Gasteiger charge is -2.37. The minimum absolute atomic E-state index is 0.272. The summed E-state index contributed by atoms with van der Waals surface area (Å²) in [5.74, 6) is 0.986. The minimum atomic E-state index is 0.272. The molecule has 1 saturated heterocycles. The van der Waals surface area contributed by atoms with Crippen molar-refractivity contribution in [2.45, 2.75) is 45.6 Å². The van der Waals surface area contributed by atoms with Crippen LogP contribution in [0.1, 0.15) is 38.7 Å². The van der Waals surface area contributed by atoms with Crippen LogP contribution >= 0.6 is 0 Å². The van der Waals surface area contributed by atoms with Gasteiger partial charge in [0.15, 0.2) is 0 Å². The van der Waals surface area contributed by atoms with Crippen LogP contribution in [0.4, 0.5) is 0 Å². The van der Waals surface area contributed by atoms with E-state index in [4.69, 9.17) is 4.74 Å². The molecule has 118 valence electrons. The Morgan fingerprint density at radius 2 is 1.95 bits per heavy atom. The summed E-state index contributed by atoms with van der Waals surface area (Å²) >= 11 is 0. The smallest absolute Gasteiger partial charge is 0.119 e. The van der Waals surface area contributed by atoms with Crippen LogP contribution < -0.4 is 10.1 Å². The monoisotopic (exact) mass is 290 g/mol. The second-order valence-corrected chi connectivity index (χ2v) is 6.70. The third kappa shape index (κ3) is 5.33. The second kappa shape index (κ2) is 7.81. The van der Waals surface area contributed by atoms with Crippen LogP contribution in [-0.2, 0) is 0 Å². The maximum atomic E-state index is 5.80. The average molecular weight is 290 g/mol. The first kappa shape index (κ1) is 16.3. The molecule has 3 nitrogen and oxygen atoms in total. The molecule has 1 fully saturated rings. The van der Waals surface area contributed by atoms with Gasteiger partial charge in [-0.1, -0.05) is 17.7 Å². The Morgan fingerprint density at radius 3 is 2.71 bits per heavy atom. The largest absolute Gasteiger partial charge is 0.494 e. The first-order valence-corrected chi connectivity index (χ1v) is 8.23. The molecule has 2 rings (SSSR count). The predicted molar refractivity (Wildman–Crippen MR) is 89.0 cm³/mol. The highest BCUT2D eigenvalue weighted by Crippen LogP contribution is 2.17. The van der Waals surface area contributed by atoms with E-state index in [2.05, 4.69) is 55.3 Å². The zero-order valence-electron chi connectivity index (χ0n) is 13.8. The Bertz CT molecular complexity index is 414. The first-order chi connectivity index (χ1) is 10.1. The van der Waals surface area contributed by atoms with Crippen molar-refractivity contribution in [3.8, 4) is 5.75 Å². The fourth-order valence-corrected chi connectivity index (χ4v) is 2.85. The minimum Gasteiger partial charge on any atom is -0.494 e. The number of aryl methyl sites for hydroxylation is 1. The van der Waals surface area contributed by atoms with E-state index >= 15 is 0 Å². The number of hydrogen-bond acceptors (Lipinski definition) is 3. The number of ether oxygens (including phenoxy) is 1. The lowest BCUT2D eigenvalue weighted by molar-refractivity contribution is 0.128. The SMILES string of the molecule is Cc1ccc(OCCCCN2CCCNCC2(C)C)cc1. The summed E-state index contributed by atoms with van der Waals surface area (Å²) < 4.78 is 5.80. The highest BCUT2D eigenvalue weighted by atomic mass is 16.5. The van der Waals surface area contributed by atoms with E-state index in [-0.39, 0.29) is 5.54 Å². The highest BCUT2D eigenvalue weighted by molar-refractivity contribution is 5.26. The van der Waals surface area contributed by atoms with Gasteiger partial charge in [0, 0.05) is 12.1 Å². The topological polar surface area (TPSA) is 24.5 Å². The van der Waals surface area contributed by atoms with Gasteiger partial charge < -0.3 is 10.1 Å². The van der Waals surface area contributed by atoms with Crippen LogP contribution in [0.5, 0.6) is 5.75 Å². The normalized spacial score (nSPS) is 19.2. The van der Waals surface area contributed by atoms with E-state index in [0.29, 0.717) is 0 Å². The van der Waals surface area contributed by atoms with Crippen molar-refractivity contribution in [3.05, 3.63) is 29.8 Å². The molecule has 3 heteroatoms. The summed E-state index contributed by atoms with van der Waals surface area (Å²) in [7, 11) is 0. The lowest BCUT2D eigenvalue weighted by atomic mass is 10.0. The summed E-state index contributed by atoms with van der Waals surface area (Å²) in [6, 6.07) is 8.31. The number of unbranched alkanes of at least 4 members (excludes halogenated alkanes) is 1. The van der Waals surface area contributed by atoms with Gasteiger partial charge in [0.25, 0.3) is 0 Å². The van der Waals surface area contributed by atoms with E-state index in [1.165, 1.54) is 31.5 Å². The molecular formula is C18H30N2O. The Hall–Kier alpha value is -1.06. The van der Waals surface area contributed by atoms with Crippen molar-refractivity contribution in [3.63, 3.8) is 0 Å². The molecule has 1 aromatic rings. The molecule has 0 unspecified atom stereocenters. The molecule has 0 amide bonds. The molecule has 1 heterocycles. The number of nitrogens with one attached hydrogen (secondary N) is 1. The summed E-state index contributed by atoms with van der Waals surface area (Å²) in [6.45, 7) is 12.2. The first-order valence-electron chi connectivity index (χ1n) is 8.23. The van der Waals surface area contributed by atoms with E-state index < -0.39 is 0 Å². The van der Waals surface area contributed by atoms with Crippen molar-refractivity contribution < 1.29 is 4.74 Å². The number of benzene rings is 1. The summed E-state index contributed by atoms with van der Waals surface area (Å²) in [5, 5.41) is 3.53. The van der Waals surface area contributed by atoms with Gasteiger partial charge in [-0.2, -0.15) is 0 Å². The lowest BCUT2D eigenvalue weighted by Crippen LogP contribution is -2.48. The van der Waals surface area contributed by atoms with Crippen LogP contribution in [0, 0.1) is 6.92 Å². The van der Waals surface area contributed by atoms with Crippen LogP contribution in [0.2, 0.25) is 0 Å². The molecule has 0 aromatic heterocycles. The van der Waals surface area contributed by atoms with Gasteiger partial charge in [-0.05, 0) is 71.8 Å². The van der Waals surface area contributed by atoms with Crippen molar-refractivity contribution in [2.24, 2.45) is 0 Å². The molecular weight excluding hydrogens is 260 g/mol. The standard InChI is InChI=1S/C18H30N2O/c1-16-7-9-17(10-8-16)21-14-5-4-12-20-13-6-11-19-15-18(20,2)3/h7-10,19H,4-6,11-15H2,1-3H3. The van der Waals surface area contributed by atoms with Crippen LogP contribution in [0.3, 0.4) is 0 Å². The Morgan fingerprint density at radius 1 is 1.19 bits per heavy atom. The van der Waals surface area contributed by atoms with Gasteiger partial charge in [0.05, 0.1) is 6.61 Å². The van der Waals surface area contributed by atoms with E-state index in [9.17, 15) is 0 Å². The second-order valence-electron chi connectivity index (χ2n) is 6.70. The van der Waals surface area contributed by atoms with Crippen LogP contribution in [-0.4, -0.2) is 43.2 Å². The summed E-state index contributed by atoms with van der Waals surface area (Å²) in [5.41, 5.74) is 1.55. The maximum Gasteiger partial charge on any atom is 0.119 e. The van der Waals surface area contributed by atoms with Crippen molar-refractivity contribution in [2.75, 3.05) is 32.8 Å². The van der Waals surface area contributed by atoms with Gasteiger partial charge in [-0.3, -0.25) is 4.90 Å². The fraction of sp³-hybridized carbons (Fsp3) is 0.667. The zero-order chi connectivity index (χ0) is 15.1. The molecule has 1 aliphatic heterocycles. The van der Waals surface area contributed by atoms with E-state index in [1.807, 2.05) is 0 Å². The third-order valence-corrected chi connectivity index (χ3v) is 4.31. The third-order valence-electron chi connectivity index (χ3n) is 4.31. The van der Waals surface area contributed by atoms with E-state index in [0.717, 1.165) is 31.9 Å². The highest BCUT2D eigenvalue weighted by Gasteiger charge is 2.27. The number of hydrogen-bond donors (Lipinski definition) is 1. The molecule has 21 heavy (non-hydrogen) atoms. The zero-order valence-corrected chi connectivity index (χ0v) is 13.8. The fourth-order valence-electron chi connectivity index (χ4n) is 2.85. The van der Waals surface area contributed by atoms with Gasteiger partial charge in [0.1, 0.15) is 5.75 Å². The van der Waals surface area contributed by atoms with Gasteiger partial charge in [-0.15, -0.1) is 0 Å². The Balaban J connectivity index is 1.65. The summed E-state index contributed by atoms with van der Waals surface area (Å²) in [4.78, 5) is 2.62. The Kier molecular flexibility index (Phi) is 6.07. The van der Waals surface area contributed by atoms with Crippen LogP contribution in [0.25, 0.3) is 0 Å². The van der Waals surface area contributed by atoms with E-state index in [1.54, 1.807) is 0 Å². The number of rotatable bonds is 6. The maximum absolute atomic E-state index is 5.80.